The Morgan fingerprint density at radius 3 is 2.50 bits per heavy atom. The average Bonchev–Trinajstić information content (AvgIpc) is 3.37. The number of halogens is 4. The Bertz CT molecular complexity index is 1160. The van der Waals surface area contributed by atoms with Crippen LogP contribution < -0.4 is 5.32 Å². The Labute approximate surface area is 179 Å². The maximum atomic E-state index is 12.7. The summed E-state index contributed by atoms with van der Waals surface area (Å²) >= 11 is 3.40. The number of carbonyl (C=O) groups is 1. The van der Waals surface area contributed by atoms with Crippen molar-refractivity contribution in [3.05, 3.63) is 76.9 Å². The van der Waals surface area contributed by atoms with E-state index < -0.39 is 17.6 Å². The van der Waals surface area contributed by atoms with Gasteiger partial charge in [0, 0.05) is 33.5 Å². The van der Waals surface area contributed by atoms with E-state index in [1.165, 1.54) is 29.2 Å². The average molecular weight is 479 g/mol. The number of aromatic nitrogens is 3. The molecule has 0 saturated carbocycles. The van der Waals surface area contributed by atoms with Crippen molar-refractivity contribution in [1.82, 2.24) is 14.5 Å². The summed E-state index contributed by atoms with van der Waals surface area (Å²) in [5.74, 6) is -0.425. The second kappa shape index (κ2) is 8.74. The number of hydrogen-bond donors (Lipinski definition) is 2. The molecule has 156 valence electrons. The third kappa shape index (κ3) is 4.56. The van der Waals surface area contributed by atoms with Gasteiger partial charge in [0.05, 0.1) is 11.3 Å². The SMILES string of the molecule is CC.O=C(Nc1c[nH]c2ccc(Br)cc12)c1cn(-c2ccc(C(F)(F)F)cc2)cn1. The van der Waals surface area contributed by atoms with Gasteiger partial charge in [-0.3, -0.25) is 4.79 Å². The van der Waals surface area contributed by atoms with Gasteiger partial charge in [-0.25, -0.2) is 4.98 Å². The fourth-order valence-corrected chi connectivity index (χ4v) is 3.15. The fraction of sp³-hybridized carbons (Fsp3) is 0.143. The van der Waals surface area contributed by atoms with Gasteiger partial charge >= 0.3 is 6.18 Å². The molecular formula is C21H18BrF3N4O. The number of alkyl halides is 3. The normalized spacial score (nSPS) is 11.1. The van der Waals surface area contributed by atoms with Crippen LogP contribution in [0.3, 0.4) is 0 Å². The van der Waals surface area contributed by atoms with Crippen molar-refractivity contribution >= 4 is 38.4 Å². The third-order valence-corrected chi connectivity index (χ3v) is 4.69. The van der Waals surface area contributed by atoms with Crippen LogP contribution in [0.2, 0.25) is 0 Å². The molecule has 2 aromatic carbocycles. The predicted molar refractivity (Wildman–Crippen MR) is 114 cm³/mol. The summed E-state index contributed by atoms with van der Waals surface area (Å²) in [6.07, 6.45) is 0.126. The molecule has 5 nitrogen and oxygen atoms in total. The first-order valence-electron chi connectivity index (χ1n) is 9.11. The molecule has 0 bridgehead atoms. The summed E-state index contributed by atoms with van der Waals surface area (Å²) < 4.78 is 40.4. The second-order valence-electron chi connectivity index (χ2n) is 6.06. The first kappa shape index (κ1) is 21.6. The summed E-state index contributed by atoms with van der Waals surface area (Å²) in [5, 5.41) is 3.62. The molecule has 4 aromatic rings. The first-order valence-corrected chi connectivity index (χ1v) is 9.90. The molecule has 0 unspecified atom stereocenters. The highest BCUT2D eigenvalue weighted by Crippen LogP contribution is 2.30. The van der Waals surface area contributed by atoms with Gasteiger partial charge in [0.15, 0.2) is 0 Å². The van der Waals surface area contributed by atoms with Crippen molar-refractivity contribution in [3.8, 4) is 5.69 Å². The molecule has 0 aliphatic rings. The van der Waals surface area contributed by atoms with Gasteiger partial charge in [-0.2, -0.15) is 13.2 Å². The molecule has 0 aliphatic carbocycles. The number of nitrogens with zero attached hydrogens (tertiary/aromatic N) is 2. The minimum atomic E-state index is -4.40. The van der Waals surface area contributed by atoms with E-state index in [9.17, 15) is 18.0 Å². The van der Waals surface area contributed by atoms with Crippen LogP contribution in [-0.4, -0.2) is 20.4 Å². The van der Waals surface area contributed by atoms with Gasteiger partial charge in [-0.15, -0.1) is 0 Å². The Hall–Kier alpha value is -3.07. The number of imidazole rings is 1. The van der Waals surface area contributed by atoms with E-state index in [0.29, 0.717) is 11.4 Å². The smallest absolute Gasteiger partial charge is 0.359 e. The van der Waals surface area contributed by atoms with Crippen LogP contribution in [0.1, 0.15) is 29.9 Å². The Morgan fingerprint density at radius 2 is 1.83 bits per heavy atom. The number of rotatable bonds is 3. The Kier molecular flexibility index (Phi) is 6.31. The number of H-pyrrole nitrogens is 1. The van der Waals surface area contributed by atoms with Crippen molar-refractivity contribution in [2.24, 2.45) is 0 Å². The maximum Gasteiger partial charge on any atom is 0.416 e. The van der Waals surface area contributed by atoms with Gasteiger partial charge in [0.2, 0.25) is 0 Å². The topological polar surface area (TPSA) is 62.7 Å². The maximum absolute atomic E-state index is 12.7. The van der Waals surface area contributed by atoms with Gasteiger partial charge in [0.25, 0.3) is 5.91 Å². The van der Waals surface area contributed by atoms with Crippen LogP contribution in [0, 0.1) is 0 Å². The van der Waals surface area contributed by atoms with E-state index in [0.717, 1.165) is 27.5 Å². The number of fused-ring (bicyclic) bond motifs is 1. The standard InChI is InChI=1S/C19H12BrF3N4O.C2H6/c20-12-3-6-15-14(7-12)16(8-24-15)26-18(28)17-9-27(10-25-17)13-4-1-11(2-5-13)19(21,22)23;1-2/h1-10,24H,(H,26,28);1-2H3. The van der Waals surface area contributed by atoms with E-state index in [1.54, 1.807) is 6.20 Å². The number of carbonyl (C=O) groups excluding carboxylic acids is 1. The summed E-state index contributed by atoms with van der Waals surface area (Å²) in [6, 6.07) is 10.3. The number of nitrogens with one attached hydrogen (secondary N) is 2. The summed E-state index contributed by atoms with van der Waals surface area (Å²) in [4.78, 5) is 19.6. The van der Waals surface area contributed by atoms with Gasteiger partial charge in [0.1, 0.15) is 12.0 Å². The van der Waals surface area contributed by atoms with Crippen LogP contribution in [-0.2, 0) is 6.18 Å². The lowest BCUT2D eigenvalue weighted by Gasteiger charge is -2.07. The van der Waals surface area contributed by atoms with Crippen LogP contribution in [0.5, 0.6) is 0 Å². The van der Waals surface area contributed by atoms with Crippen LogP contribution in [0.25, 0.3) is 16.6 Å². The number of aromatic amines is 1. The van der Waals surface area contributed by atoms with Crippen LogP contribution in [0.15, 0.2) is 65.7 Å². The first-order chi connectivity index (χ1) is 14.3. The summed E-state index contributed by atoms with van der Waals surface area (Å²) in [5.41, 5.74) is 1.35. The molecular weight excluding hydrogens is 461 g/mol. The van der Waals surface area contributed by atoms with Crippen LogP contribution >= 0.6 is 15.9 Å². The number of anilines is 1. The van der Waals surface area contributed by atoms with E-state index >= 15 is 0 Å². The van der Waals surface area contributed by atoms with E-state index in [4.69, 9.17) is 0 Å². The lowest BCUT2D eigenvalue weighted by molar-refractivity contribution is -0.137. The molecule has 0 atom stereocenters. The highest BCUT2D eigenvalue weighted by molar-refractivity contribution is 9.10. The Morgan fingerprint density at radius 1 is 1.13 bits per heavy atom. The van der Waals surface area contributed by atoms with Gasteiger partial charge in [-0.1, -0.05) is 29.8 Å². The van der Waals surface area contributed by atoms with Gasteiger partial charge < -0.3 is 14.9 Å². The fourth-order valence-electron chi connectivity index (χ4n) is 2.79. The number of amides is 1. The highest BCUT2D eigenvalue weighted by atomic mass is 79.9. The minimum Gasteiger partial charge on any atom is -0.359 e. The molecule has 30 heavy (non-hydrogen) atoms. The third-order valence-electron chi connectivity index (χ3n) is 4.20. The van der Waals surface area contributed by atoms with Crippen molar-refractivity contribution in [2.45, 2.75) is 20.0 Å². The molecule has 0 spiro atoms. The van der Waals surface area contributed by atoms with E-state index in [2.05, 4.69) is 31.2 Å². The molecule has 0 saturated heterocycles. The van der Waals surface area contributed by atoms with Crippen LogP contribution in [0.4, 0.5) is 18.9 Å². The molecule has 2 aromatic heterocycles. The minimum absolute atomic E-state index is 0.143. The molecule has 0 fully saturated rings. The molecule has 2 N–H and O–H groups in total. The monoisotopic (exact) mass is 478 g/mol. The lowest BCUT2D eigenvalue weighted by atomic mass is 10.2. The summed E-state index contributed by atoms with van der Waals surface area (Å²) in [6.45, 7) is 4.00. The zero-order valence-electron chi connectivity index (χ0n) is 16.1. The molecule has 0 radical (unpaired) electrons. The van der Waals surface area contributed by atoms with Crippen molar-refractivity contribution in [1.29, 1.82) is 0 Å². The molecule has 4 rings (SSSR count). The molecule has 9 heteroatoms. The van der Waals surface area contributed by atoms with E-state index in [-0.39, 0.29) is 5.69 Å². The second-order valence-corrected chi connectivity index (χ2v) is 6.97. The van der Waals surface area contributed by atoms with Crippen molar-refractivity contribution < 1.29 is 18.0 Å². The zero-order valence-corrected chi connectivity index (χ0v) is 17.7. The largest absolute Gasteiger partial charge is 0.416 e. The predicted octanol–water partition coefficient (Wildman–Crippen LogP) is 6.41. The Balaban J connectivity index is 0.00000124. The number of hydrogen-bond acceptors (Lipinski definition) is 2. The van der Waals surface area contributed by atoms with Gasteiger partial charge in [-0.05, 0) is 42.5 Å². The summed E-state index contributed by atoms with van der Waals surface area (Å²) in [7, 11) is 0. The lowest BCUT2D eigenvalue weighted by Crippen LogP contribution is -2.12. The molecule has 0 aliphatic heterocycles. The zero-order chi connectivity index (χ0) is 21.9. The quantitative estimate of drug-likeness (QED) is 0.357. The van der Waals surface area contributed by atoms with E-state index in [1.807, 2.05) is 32.0 Å². The highest BCUT2D eigenvalue weighted by Gasteiger charge is 2.30. The van der Waals surface area contributed by atoms with Crippen molar-refractivity contribution in [3.63, 3.8) is 0 Å². The molecule has 2 heterocycles. The number of benzene rings is 2. The van der Waals surface area contributed by atoms with Crippen molar-refractivity contribution in [2.75, 3.05) is 5.32 Å². The molecule has 1 amide bonds.